The van der Waals surface area contributed by atoms with Gasteiger partial charge in [0.1, 0.15) is 0 Å². The largest absolute Gasteiger partial charge is 0.339 e. The lowest BCUT2D eigenvalue weighted by molar-refractivity contribution is -0.144. The molecule has 1 aliphatic carbocycles. The van der Waals surface area contributed by atoms with Crippen LogP contribution in [0.5, 0.6) is 0 Å². The maximum Gasteiger partial charge on any atom is 0.317 e. The van der Waals surface area contributed by atoms with E-state index in [1.54, 1.807) is 0 Å². The Balaban J connectivity index is 1.64. The van der Waals surface area contributed by atoms with Crippen LogP contribution in [0.15, 0.2) is 0 Å². The quantitative estimate of drug-likeness (QED) is 0.832. The summed E-state index contributed by atoms with van der Waals surface area (Å²) in [5, 5.41) is 2.96. The Kier molecular flexibility index (Phi) is 5.90. The maximum atomic E-state index is 13.3. The van der Waals surface area contributed by atoms with Crippen LogP contribution in [0.4, 0.5) is 4.79 Å². The Hall–Kier alpha value is -1.26. The third-order valence-corrected chi connectivity index (χ3v) is 6.49. The molecule has 5 nitrogen and oxygen atoms in total. The van der Waals surface area contributed by atoms with Gasteiger partial charge in [0.15, 0.2) is 0 Å². The fourth-order valence-electron chi connectivity index (χ4n) is 5.12. The van der Waals surface area contributed by atoms with Gasteiger partial charge >= 0.3 is 6.03 Å². The average Bonchev–Trinajstić information content (AvgIpc) is 2.61. The van der Waals surface area contributed by atoms with Crippen molar-refractivity contribution in [2.75, 3.05) is 19.6 Å². The molecule has 5 heteroatoms. The highest BCUT2D eigenvalue weighted by atomic mass is 16.2. The number of nitrogens with zero attached hydrogens (tertiary/aromatic N) is 2. The van der Waals surface area contributed by atoms with Gasteiger partial charge in [0.2, 0.25) is 5.91 Å². The average molecular weight is 350 g/mol. The van der Waals surface area contributed by atoms with Gasteiger partial charge in [-0.05, 0) is 57.8 Å². The summed E-state index contributed by atoms with van der Waals surface area (Å²) in [4.78, 5) is 29.6. The Morgan fingerprint density at radius 1 is 1.00 bits per heavy atom. The molecule has 0 aromatic heterocycles. The van der Waals surface area contributed by atoms with Crippen LogP contribution in [-0.2, 0) is 4.79 Å². The standard InChI is InChI=1S/C20H35N3O2/c1-14(2)21-20(25)22-11-6-7-16(13-22)19(24)23-12-10-15(3)17-8-4-5-9-18(17)23/h14-18H,4-13H2,1-3H3,(H,21,25)/t15-,16-,17+,18+/m0/s1. The number of nitrogens with one attached hydrogen (secondary N) is 1. The number of rotatable bonds is 2. The molecule has 2 aliphatic heterocycles. The number of amides is 3. The molecule has 1 N–H and O–H groups in total. The van der Waals surface area contributed by atoms with Gasteiger partial charge in [-0.3, -0.25) is 4.79 Å². The van der Waals surface area contributed by atoms with Crippen LogP contribution < -0.4 is 5.32 Å². The molecule has 142 valence electrons. The number of urea groups is 1. The van der Waals surface area contributed by atoms with E-state index in [2.05, 4.69) is 17.1 Å². The number of likely N-dealkylation sites (tertiary alicyclic amines) is 2. The topological polar surface area (TPSA) is 52.7 Å². The smallest absolute Gasteiger partial charge is 0.317 e. The Morgan fingerprint density at radius 3 is 2.52 bits per heavy atom. The van der Waals surface area contributed by atoms with E-state index in [0.29, 0.717) is 24.4 Å². The summed E-state index contributed by atoms with van der Waals surface area (Å²) in [6, 6.07) is 0.565. The third kappa shape index (κ3) is 4.12. The first-order valence-electron chi connectivity index (χ1n) is 10.3. The molecule has 0 aromatic rings. The number of hydrogen-bond donors (Lipinski definition) is 1. The highest BCUT2D eigenvalue weighted by molar-refractivity contribution is 5.81. The van der Waals surface area contributed by atoms with Crippen LogP contribution in [-0.4, -0.2) is 53.5 Å². The molecule has 3 amide bonds. The van der Waals surface area contributed by atoms with Crippen LogP contribution in [0, 0.1) is 17.8 Å². The second-order valence-electron chi connectivity index (χ2n) is 8.70. The van der Waals surface area contributed by atoms with Crippen LogP contribution in [0.2, 0.25) is 0 Å². The first kappa shape index (κ1) is 18.5. The van der Waals surface area contributed by atoms with Gasteiger partial charge in [-0.15, -0.1) is 0 Å². The monoisotopic (exact) mass is 349 g/mol. The highest BCUT2D eigenvalue weighted by Gasteiger charge is 2.42. The lowest BCUT2D eigenvalue weighted by Crippen LogP contribution is -2.56. The number of fused-ring (bicyclic) bond motifs is 1. The predicted molar refractivity (Wildman–Crippen MR) is 99.2 cm³/mol. The molecule has 3 fully saturated rings. The van der Waals surface area contributed by atoms with E-state index < -0.39 is 0 Å². The first-order chi connectivity index (χ1) is 12.0. The second-order valence-corrected chi connectivity index (χ2v) is 8.70. The van der Waals surface area contributed by atoms with Gasteiger partial charge in [0, 0.05) is 31.7 Å². The van der Waals surface area contributed by atoms with E-state index in [-0.39, 0.29) is 18.0 Å². The fourth-order valence-corrected chi connectivity index (χ4v) is 5.12. The van der Waals surface area contributed by atoms with E-state index in [9.17, 15) is 9.59 Å². The third-order valence-electron chi connectivity index (χ3n) is 6.49. The lowest BCUT2D eigenvalue weighted by atomic mass is 9.72. The normalized spacial score (nSPS) is 33.1. The summed E-state index contributed by atoms with van der Waals surface area (Å²) < 4.78 is 0. The van der Waals surface area contributed by atoms with Gasteiger partial charge in [-0.1, -0.05) is 19.8 Å². The molecule has 3 rings (SSSR count). The molecule has 2 heterocycles. The molecule has 0 spiro atoms. The molecule has 0 aromatic carbocycles. The summed E-state index contributed by atoms with van der Waals surface area (Å²) in [5.74, 6) is 1.73. The Labute approximate surface area is 152 Å². The van der Waals surface area contributed by atoms with Crippen molar-refractivity contribution in [3.05, 3.63) is 0 Å². The summed E-state index contributed by atoms with van der Waals surface area (Å²) in [6.45, 7) is 8.58. The summed E-state index contributed by atoms with van der Waals surface area (Å²) >= 11 is 0. The van der Waals surface area contributed by atoms with E-state index in [4.69, 9.17) is 0 Å². The lowest BCUT2D eigenvalue weighted by Gasteiger charge is -2.48. The van der Waals surface area contributed by atoms with E-state index in [1.165, 1.54) is 25.7 Å². The van der Waals surface area contributed by atoms with Crippen molar-refractivity contribution in [3.63, 3.8) is 0 Å². The van der Waals surface area contributed by atoms with Crippen molar-refractivity contribution in [1.29, 1.82) is 0 Å². The highest BCUT2D eigenvalue weighted by Crippen LogP contribution is 2.39. The first-order valence-corrected chi connectivity index (χ1v) is 10.3. The molecule has 3 aliphatic rings. The van der Waals surface area contributed by atoms with E-state index >= 15 is 0 Å². The predicted octanol–water partition coefficient (Wildman–Crippen LogP) is 3.24. The van der Waals surface area contributed by atoms with Crippen molar-refractivity contribution in [2.45, 2.75) is 77.8 Å². The van der Waals surface area contributed by atoms with Crippen molar-refractivity contribution >= 4 is 11.9 Å². The van der Waals surface area contributed by atoms with Crippen LogP contribution in [0.1, 0.15) is 65.7 Å². The van der Waals surface area contributed by atoms with Crippen molar-refractivity contribution in [1.82, 2.24) is 15.1 Å². The van der Waals surface area contributed by atoms with Gasteiger partial charge < -0.3 is 15.1 Å². The molecular formula is C20H35N3O2. The SMILES string of the molecule is CC(C)NC(=O)N1CCC[C@H](C(=O)N2CC[C@H](C)[C@H]3CCCC[C@H]32)C1. The molecule has 2 saturated heterocycles. The number of hydrogen-bond acceptors (Lipinski definition) is 2. The molecule has 0 radical (unpaired) electrons. The van der Waals surface area contributed by atoms with Crippen molar-refractivity contribution < 1.29 is 9.59 Å². The van der Waals surface area contributed by atoms with Crippen LogP contribution >= 0.6 is 0 Å². The zero-order valence-corrected chi connectivity index (χ0v) is 16.2. The summed E-state index contributed by atoms with van der Waals surface area (Å²) in [5.41, 5.74) is 0. The number of carbonyl (C=O) groups is 2. The van der Waals surface area contributed by atoms with Crippen molar-refractivity contribution in [2.24, 2.45) is 17.8 Å². The zero-order valence-electron chi connectivity index (χ0n) is 16.2. The molecule has 0 unspecified atom stereocenters. The van der Waals surface area contributed by atoms with Crippen LogP contribution in [0.25, 0.3) is 0 Å². The molecular weight excluding hydrogens is 314 g/mol. The van der Waals surface area contributed by atoms with Gasteiger partial charge in [-0.25, -0.2) is 4.79 Å². The second kappa shape index (κ2) is 7.96. The van der Waals surface area contributed by atoms with Gasteiger partial charge in [0.25, 0.3) is 0 Å². The Bertz CT molecular complexity index is 493. The molecule has 1 saturated carbocycles. The van der Waals surface area contributed by atoms with Gasteiger partial charge in [-0.2, -0.15) is 0 Å². The molecule has 4 atom stereocenters. The molecule has 0 bridgehead atoms. The van der Waals surface area contributed by atoms with Crippen LogP contribution in [0.3, 0.4) is 0 Å². The molecule has 25 heavy (non-hydrogen) atoms. The minimum Gasteiger partial charge on any atom is -0.339 e. The zero-order chi connectivity index (χ0) is 18.0. The summed E-state index contributed by atoms with van der Waals surface area (Å²) in [7, 11) is 0. The van der Waals surface area contributed by atoms with E-state index in [1.807, 2.05) is 18.7 Å². The number of carbonyl (C=O) groups excluding carboxylic acids is 2. The minimum absolute atomic E-state index is 0.0114. The van der Waals surface area contributed by atoms with Crippen molar-refractivity contribution in [3.8, 4) is 0 Å². The minimum atomic E-state index is -0.0182. The van der Waals surface area contributed by atoms with Gasteiger partial charge in [0.05, 0.1) is 5.92 Å². The summed E-state index contributed by atoms with van der Waals surface area (Å²) in [6.07, 6.45) is 8.02. The van der Waals surface area contributed by atoms with E-state index in [0.717, 1.165) is 38.3 Å². The fraction of sp³-hybridized carbons (Fsp3) is 0.900. The maximum absolute atomic E-state index is 13.3. The number of piperidine rings is 2. The Morgan fingerprint density at radius 2 is 1.76 bits per heavy atom.